The van der Waals surface area contributed by atoms with E-state index in [1.807, 2.05) is 0 Å². The number of carbonyl (C=O) groups is 2. The fraction of sp³-hybridized carbons (Fsp3) is 0. The van der Waals surface area contributed by atoms with Crippen molar-refractivity contribution in [3.05, 3.63) is 131 Å². The number of benzene rings is 2. The molecule has 2 heterocycles. The number of allylic oxidation sites excluding steroid dienone is 4. The van der Waals surface area contributed by atoms with Gasteiger partial charge in [0, 0.05) is 23.5 Å². The molecular formula is C32H22N6O8S2. The van der Waals surface area contributed by atoms with E-state index in [-0.39, 0.29) is 45.5 Å². The van der Waals surface area contributed by atoms with Crippen LogP contribution in [0.2, 0.25) is 0 Å². The number of hydrogen-bond acceptors (Lipinski definition) is 12. The number of fused-ring (bicyclic) bond motifs is 2. The van der Waals surface area contributed by atoms with E-state index in [0.29, 0.717) is 22.6 Å². The Kier molecular flexibility index (Phi) is 8.46. The summed E-state index contributed by atoms with van der Waals surface area (Å²) in [5.41, 5.74) is 7.85. The van der Waals surface area contributed by atoms with Gasteiger partial charge in [0.15, 0.2) is 0 Å². The Morgan fingerprint density at radius 3 is 1.42 bits per heavy atom. The zero-order chi connectivity index (χ0) is 34.1. The zero-order valence-electron chi connectivity index (χ0n) is 24.3. The highest BCUT2D eigenvalue weighted by molar-refractivity contribution is 7.86. The van der Waals surface area contributed by atoms with Crippen LogP contribution in [0.4, 0.5) is 11.4 Å². The van der Waals surface area contributed by atoms with Gasteiger partial charge in [0.25, 0.3) is 20.2 Å². The molecule has 0 atom stereocenters. The van der Waals surface area contributed by atoms with Crippen molar-refractivity contribution >= 4 is 66.8 Å². The Morgan fingerprint density at radius 1 is 0.604 bits per heavy atom. The Labute approximate surface area is 273 Å². The molecule has 48 heavy (non-hydrogen) atoms. The van der Waals surface area contributed by atoms with Gasteiger partial charge in [-0.15, -0.1) is 0 Å². The summed E-state index contributed by atoms with van der Waals surface area (Å²) in [7, 11) is -9.56. The highest BCUT2D eigenvalue weighted by atomic mass is 32.2. The molecule has 240 valence electrons. The first-order chi connectivity index (χ1) is 22.9. The average Bonchev–Trinajstić information content (AvgIpc) is 3.06. The normalized spacial score (nSPS) is 16.0. The molecule has 0 saturated heterocycles. The summed E-state index contributed by atoms with van der Waals surface area (Å²) < 4.78 is 69.2. The lowest BCUT2D eigenvalue weighted by molar-refractivity contribution is 0.103. The molecule has 0 spiro atoms. The van der Waals surface area contributed by atoms with Gasteiger partial charge in [-0.25, -0.2) is 0 Å². The largest absolute Gasteiger partial charge is 0.295 e. The summed E-state index contributed by atoms with van der Waals surface area (Å²) in [6, 6.07) is 14.5. The first kappa shape index (κ1) is 32.0. The van der Waals surface area contributed by atoms with Gasteiger partial charge in [-0.2, -0.15) is 27.0 Å². The predicted molar refractivity (Wildman–Crippen MR) is 177 cm³/mol. The van der Waals surface area contributed by atoms with Gasteiger partial charge in [-0.1, -0.05) is 24.3 Å². The Hall–Kier alpha value is -5.94. The number of ketones is 2. The minimum Gasteiger partial charge on any atom is -0.288 e. The van der Waals surface area contributed by atoms with Gasteiger partial charge >= 0.3 is 0 Å². The SMILES string of the molecule is O=C1C=C/C(=N\Nc2ccc(/C=C/c3ccc(N/N=C4\C=CC(=O)c5ncccc54)cc3S(=O)(=O)O)c(S(=O)(=O)O)c2)c2cccnc21. The lowest BCUT2D eigenvalue weighted by Gasteiger charge is -2.12. The summed E-state index contributed by atoms with van der Waals surface area (Å²) in [6.07, 6.45) is 11.0. The quantitative estimate of drug-likeness (QED) is 0.116. The zero-order valence-corrected chi connectivity index (χ0v) is 26.0. The van der Waals surface area contributed by atoms with Crippen molar-refractivity contribution in [3.63, 3.8) is 0 Å². The van der Waals surface area contributed by atoms with Crippen molar-refractivity contribution in [2.75, 3.05) is 10.9 Å². The minimum atomic E-state index is -4.78. The van der Waals surface area contributed by atoms with Crippen LogP contribution in [0.5, 0.6) is 0 Å². The first-order valence-corrected chi connectivity index (χ1v) is 16.7. The van der Waals surface area contributed by atoms with Crippen molar-refractivity contribution in [3.8, 4) is 0 Å². The van der Waals surface area contributed by atoms with Crippen LogP contribution in [0, 0.1) is 0 Å². The van der Waals surface area contributed by atoms with Gasteiger partial charge in [-0.3, -0.25) is 39.5 Å². The lowest BCUT2D eigenvalue weighted by Crippen LogP contribution is -2.15. The van der Waals surface area contributed by atoms with Gasteiger partial charge in [-0.05, 0) is 84.0 Å². The topological polar surface area (TPSA) is 217 Å². The molecule has 16 heteroatoms. The second-order valence-corrected chi connectivity index (χ2v) is 13.0. The number of anilines is 2. The predicted octanol–water partition coefficient (Wildman–Crippen LogP) is 4.28. The van der Waals surface area contributed by atoms with Crippen LogP contribution >= 0.6 is 0 Å². The standard InChI is InChI=1S/C32H22N6O8S2/c39-27-13-11-25(23-3-1-15-33-31(23)27)37-35-21-9-7-19(29(17-21)47(41,42)43)5-6-20-8-10-22(18-30(20)48(44,45)46)36-38-26-12-14-28(40)32-24(26)4-2-16-34-32/h1-18,35-36H,(H,41,42,43)(H,44,45,46)/b6-5+,37-25+,38-26+. The van der Waals surface area contributed by atoms with Crippen LogP contribution in [-0.4, -0.2) is 58.9 Å². The van der Waals surface area contributed by atoms with Crippen LogP contribution in [-0.2, 0) is 20.2 Å². The highest BCUT2D eigenvalue weighted by Gasteiger charge is 2.21. The Balaban J connectivity index is 1.27. The van der Waals surface area contributed by atoms with Crippen molar-refractivity contribution in [2.24, 2.45) is 10.2 Å². The third-order valence-electron chi connectivity index (χ3n) is 7.06. The summed E-state index contributed by atoms with van der Waals surface area (Å²) in [6.45, 7) is 0. The van der Waals surface area contributed by atoms with Crippen molar-refractivity contribution in [2.45, 2.75) is 9.79 Å². The monoisotopic (exact) mass is 682 g/mol. The minimum absolute atomic E-state index is 0.00537. The third kappa shape index (κ3) is 6.76. The molecule has 2 aromatic heterocycles. The second-order valence-electron chi connectivity index (χ2n) is 10.2. The molecule has 0 radical (unpaired) electrons. The van der Waals surface area contributed by atoms with E-state index in [0.717, 1.165) is 12.1 Å². The molecule has 2 aliphatic rings. The highest BCUT2D eigenvalue weighted by Crippen LogP contribution is 2.27. The summed E-state index contributed by atoms with van der Waals surface area (Å²) in [4.78, 5) is 31.3. The smallest absolute Gasteiger partial charge is 0.288 e. The number of hydrogen-bond donors (Lipinski definition) is 4. The molecule has 2 aliphatic carbocycles. The summed E-state index contributed by atoms with van der Waals surface area (Å²) in [5, 5.41) is 8.49. The summed E-state index contributed by atoms with van der Waals surface area (Å²) in [5.74, 6) is -0.572. The Bertz CT molecular complexity index is 2230. The van der Waals surface area contributed by atoms with Crippen LogP contribution < -0.4 is 10.9 Å². The molecule has 4 aromatic rings. The fourth-order valence-corrected chi connectivity index (χ4v) is 6.24. The molecule has 4 N–H and O–H groups in total. The van der Waals surface area contributed by atoms with E-state index in [4.69, 9.17) is 0 Å². The van der Waals surface area contributed by atoms with Crippen LogP contribution in [0.3, 0.4) is 0 Å². The van der Waals surface area contributed by atoms with E-state index in [1.165, 1.54) is 73.1 Å². The number of carbonyl (C=O) groups excluding carboxylic acids is 2. The van der Waals surface area contributed by atoms with Gasteiger partial charge in [0.05, 0.1) is 22.8 Å². The van der Waals surface area contributed by atoms with Gasteiger partial charge < -0.3 is 0 Å². The van der Waals surface area contributed by atoms with Crippen LogP contribution in [0.15, 0.2) is 117 Å². The van der Waals surface area contributed by atoms with Gasteiger partial charge in [0.2, 0.25) is 11.6 Å². The van der Waals surface area contributed by atoms with E-state index in [1.54, 1.807) is 24.3 Å². The summed E-state index contributed by atoms with van der Waals surface area (Å²) >= 11 is 0. The van der Waals surface area contributed by atoms with Crippen LogP contribution in [0.25, 0.3) is 12.2 Å². The lowest BCUT2D eigenvalue weighted by atomic mass is 10.00. The maximum Gasteiger partial charge on any atom is 0.295 e. The first-order valence-electron chi connectivity index (χ1n) is 13.8. The second kappa shape index (κ2) is 12.7. The Morgan fingerprint density at radius 2 is 1.02 bits per heavy atom. The molecular weight excluding hydrogens is 661 g/mol. The maximum absolute atomic E-state index is 12.3. The maximum atomic E-state index is 12.3. The molecule has 0 bridgehead atoms. The van der Waals surface area contributed by atoms with E-state index < -0.39 is 30.0 Å². The van der Waals surface area contributed by atoms with Crippen molar-refractivity contribution in [1.29, 1.82) is 0 Å². The fourth-order valence-electron chi connectivity index (χ4n) is 4.82. The molecule has 14 nitrogen and oxygen atoms in total. The average molecular weight is 683 g/mol. The number of hydrazone groups is 2. The molecule has 0 fully saturated rings. The number of nitrogens with one attached hydrogen (secondary N) is 2. The number of rotatable bonds is 8. The van der Waals surface area contributed by atoms with Gasteiger partial charge in [0.1, 0.15) is 21.2 Å². The van der Waals surface area contributed by atoms with E-state index >= 15 is 0 Å². The number of aromatic nitrogens is 2. The number of pyridine rings is 2. The molecule has 2 aromatic carbocycles. The van der Waals surface area contributed by atoms with Crippen LogP contribution in [0.1, 0.15) is 43.2 Å². The molecule has 0 saturated carbocycles. The van der Waals surface area contributed by atoms with Crippen molar-refractivity contribution in [1.82, 2.24) is 9.97 Å². The molecule has 0 amide bonds. The van der Waals surface area contributed by atoms with E-state index in [2.05, 4.69) is 31.0 Å². The third-order valence-corrected chi connectivity index (χ3v) is 8.87. The molecule has 6 rings (SSSR count). The molecule has 0 aliphatic heterocycles. The molecule has 0 unspecified atom stereocenters. The van der Waals surface area contributed by atoms with E-state index in [9.17, 15) is 35.5 Å². The number of nitrogens with zero attached hydrogens (tertiary/aromatic N) is 4. The van der Waals surface area contributed by atoms with Crippen molar-refractivity contribution < 1.29 is 35.5 Å².